The third-order valence-corrected chi connectivity index (χ3v) is 5.04. The highest BCUT2D eigenvalue weighted by Crippen LogP contribution is 2.40. The summed E-state index contributed by atoms with van der Waals surface area (Å²) in [5, 5.41) is 23.9. The SMILES string of the molecule is CC(C)(C)c1cc2ccc3c(C(=O)O)cc(C(=O)O)c4ccc(c1)c2c34. The summed E-state index contributed by atoms with van der Waals surface area (Å²) in [5.41, 5.74) is 1.19. The number of benzene rings is 4. The number of carboxylic acids is 2. The second-order valence-corrected chi connectivity index (χ2v) is 7.73. The van der Waals surface area contributed by atoms with Crippen LogP contribution in [0.1, 0.15) is 47.1 Å². The molecule has 4 heteroatoms. The molecule has 0 atom stereocenters. The van der Waals surface area contributed by atoms with Gasteiger partial charge in [0, 0.05) is 0 Å². The summed E-state index contributed by atoms with van der Waals surface area (Å²) in [4.78, 5) is 23.4. The van der Waals surface area contributed by atoms with Gasteiger partial charge in [0.05, 0.1) is 11.1 Å². The Bertz CT molecular complexity index is 1130. The van der Waals surface area contributed by atoms with E-state index < -0.39 is 11.9 Å². The fourth-order valence-electron chi connectivity index (χ4n) is 3.70. The Labute approximate surface area is 150 Å². The molecule has 26 heavy (non-hydrogen) atoms. The third kappa shape index (κ3) is 2.22. The molecule has 0 radical (unpaired) electrons. The molecule has 0 aliphatic carbocycles. The van der Waals surface area contributed by atoms with E-state index in [1.165, 1.54) is 11.6 Å². The minimum atomic E-state index is -1.12. The van der Waals surface area contributed by atoms with Gasteiger partial charge in [-0.2, -0.15) is 0 Å². The maximum atomic E-state index is 11.7. The third-order valence-electron chi connectivity index (χ3n) is 5.04. The van der Waals surface area contributed by atoms with E-state index in [4.69, 9.17) is 0 Å². The molecule has 0 aliphatic heterocycles. The van der Waals surface area contributed by atoms with Gasteiger partial charge in [-0.25, -0.2) is 9.59 Å². The first-order valence-corrected chi connectivity index (χ1v) is 8.41. The maximum absolute atomic E-state index is 11.7. The zero-order valence-corrected chi connectivity index (χ0v) is 14.8. The first kappa shape index (κ1) is 16.3. The molecule has 0 aromatic heterocycles. The zero-order chi connectivity index (χ0) is 18.8. The normalized spacial score (nSPS) is 12.3. The lowest BCUT2D eigenvalue weighted by atomic mass is 9.82. The van der Waals surface area contributed by atoms with Gasteiger partial charge in [0.25, 0.3) is 0 Å². The Balaban J connectivity index is 2.27. The van der Waals surface area contributed by atoms with Crippen LogP contribution in [-0.2, 0) is 5.41 Å². The molecule has 4 aromatic rings. The van der Waals surface area contributed by atoms with Crippen LogP contribution in [0.15, 0.2) is 42.5 Å². The topological polar surface area (TPSA) is 74.6 Å². The van der Waals surface area contributed by atoms with Crippen molar-refractivity contribution in [2.45, 2.75) is 26.2 Å². The first-order chi connectivity index (χ1) is 12.2. The van der Waals surface area contributed by atoms with Gasteiger partial charge in [-0.05, 0) is 49.4 Å². The molecule has 4 rings (SSSR count). The summed E-state index contributed by atoms with van der Waals surface area (Å²) in [5.74, 6) is -2.25. The molecule has 0 aliphatic rings. The zero-order valence-electron chi connectivity index (χ0n) is 14.8. The van der Waals surface area contributed by atoms with Crippen LogP contribution in [0.25, 0.3) is 32.3 Å². The van der Waals surface area contributed by atoms with Crippen molar-refractivity contribution in [1.29, 1.82) is 0 Å². The predicted molar refractivity (Wildman–Crippen MR) is 103 cm³/mol. The van der Waals surface area contributed by atoms with Crippen LogP contribution in [0.3, 0.4) is 0 Å². The molecule has 4 nitrogen and oxygen atoms in total. The van der Waals surface area contributed by atoms with E-state index in [1.807, 2.05) is 12.1 Å². The number of hydrogen-bond acceptors (Lipinski definition) is 2. The molecule has 4 aromatic carbocycles. The lowest BCUT2D eigenvalue weighted by Gasteiger charge is -2.22. The fraction of sp³-hybridized carbons (Fsp3) is 0.182. The van der Waals surface area contributed by atoms with E-state index in [0.29, 0.717) is 16.2 Å². The fourth-order valence-corrected chi connectivity index (χ4v) is 3.70. The number of carboxylic acid groups (broad SMARTS) is 2. The average molecular weight is 346 g/mol. The van der Waals surface area contributed by atoms with Crippen LogP contribution in [0.2, 0.25) is 0 Å². The molecule has 130 valence electrons. The molecule has 2 N–H and O–H groups in total. The molecule has 0 bridgehead atoms. The van der Waals surface area contributed by atoms with Gasteiger partial charge in [-0.3, -0.25) is 0 Å². The Kier molecular flexibility index (Phi) is 3.25. The second-order valence-electron chi connectivity index (χ2n) is 7.73. The monoisotopic (exact) mass is 346 g/mol. The van der Waals surface area contributed by atoms with E-state index >= 15 is 0 Å². The van der Waals surface area contributed by atoms with Gasteiger partial charge in [0.1, 0.15) is 0 Å². The molecule has 0 unspecified atom stereocenters. The predicted octanol–water partition coefficient (Wildman–Crippen LogP) is 5.28. The summed E-state index contributed by atoms with van der Waals surface area (Å²) in [6.45, 7) is 6.43. The number of aromatic carboxylic acids is 2. The largest absolute Gasteiger partial charge is 0.478 e. The smallest absolute Gasteiger partial charge is 0.336 e. The van der Waals surface area contributed by atoms with Gasteiger partial charge in [0.15, 0.2) is 0 Å². The quantitative estimate of drug-likeness (QED) is 0.484. The Morgan fingerprint density at radius 1 is 0.731 bits per heavy atom. The van der Waals surface area contributed by atoms with Crippen LogP contribution in [-0.4, -0.2) is 22.2 Å². The highest BCUT2D eigenvalue weighted by atomic mass is 16.4. The first-order valence-electron chi connectivity index (χ1n) is 8.41. The van der Waals surface area contributed by atoms with Crippen molar-refractivity contribution in [1.82, 2.24) is 0 Å². The second kappa shape index (κ2) is 5.18. The maximum Gasteiger partial charge on any atom is 0.336 e. The highest BCUT2D eigenvalue weighted by Gasteiger charge is 2.22. The Morgan fingerprint density at radius 3 is 1.58 bits per heavy atom. The van der Waals surface area contributed by atoms with E-state index in [-0.39, 0.29) is 16.5 Å². The van der Waals surface area contributed by atoms with E-state index in [1.54, 1.807) is 12.1 Å². The van der Waals surface area contributed by atoms with Crippen LogP contribution in [0, 0.1) is 0 Å². The molecule has 0 saturated heterocycles. The lowest BCUT2D eigenvalue weighted by Crippen LogP contribution is -2.11. The van der Waals surface area contributed by atoms with E-state index in [2.05, 4.69) is 32.9 Å². The molecular formula is C22H18O4. The summed E-state index contributed by atoms with van der Waals surface area (Å²) in [7, 11) is 0. The van der Waals surface area contributed by atoms with E-state index in [0.717, 1.165) is 16.2 Å². The van der Waals surface area contributed by atoms with Crippen LogP contribution < -0.4 is 0 Å². The summed E-state index contributed by atoms with van der Waals surface area (Å²) in [6.07, 6.45) is 0. The van der Waals surface area contributed by atoms with E-state index in [9.17, 15) is 19.8 Å². The standard InChI is InChI=1S/C22H18O4/c1-22(2,3)13-8-11-4-6-14-16(20(23)24)10-17(21(25)26)15-7-5-12(9-13)18(11)19(14)15/h4-10H,1-3H3,(H,23,24)(H,25,26). The van der Waals surface area contributed by atoms with Gasteiger partial charge in [-0.1, -0.05) is 57.2 Å². The number of carbonyl (C=O) groups is 2. The van der Waals surface area contributed by atoms with Crippen molar-refractivity contribution in [3.63, 3.8) is 0 Å². The molecule has 0 saturated carbocycles. The van der Waals surface area contributed by atoms with Crippen LogP contribution >= 0.6 is 0 Å². The van der Waals surface area contributed by atoms with Crippen molar-refractivity contribution in [3.05, 3.63) is 59.2 Å². The molecular weight excluding hydrogens is 328 g/mol. The number of hydrogen-bond donors (Lipinski definition) is 2. The summed E-state index contributed by atoms with van der Waals surface area (Å²) < 4.78 is 0. The molecule has 0 amide bonds. The summed E-state index contributed by atoms with van der Waals surface area (Å²) >= 11 is 0. The van der Waals surface area contributed by atoms with Crippen LogP contribution in [0.4, 0.5) is 0 Å². The van der Waals surface area contributed by atoms with Crippen LogP contribution in [0.5, 0.6) is 0 Å². The van der Waals surface area contributed by atoms with Gasteiger partial charge in [-0.15, -0.1) is 0 Å². The van der Waals surface area contributed by atoms with Crippen molar-refractivity contribution < 1.29 is 19.8 Å². The molecule has 0 spiro atoms. The highest BCUT2D eigenvalue weighted by molar-refractivity contribution is 6.28. The van der Waals surface area contributed by atoms with Crippen molar-refractivity contribution in [2.24, 2.45) is 0 Å². The van der Waals surface area contributed by atoms with Crippen molar-refractivity contribution >= 4 is 44.3 Å². The minimum absolute atomic E-state index is 0.0178. The average Bonchev–Trinajstić information content (AvgIpc) is 2.57. The lowest BCUT2D eigenvalue weighted by molar-refractivity contribution is 0.0697. The van der Waals surface area contributed by atoms with Gasteiger partial charge in [0.2, 0.25) is 0 Å². The van der Waals surface area contributed by atoms with Crippen molar-refractivity contribution in [3.8, 4) is 0 Å². The molecule has 0 fully saturated rings. The van der Waals surface area contributed by atoms with Gasteiger partial charge < -0.3 is 10.2 Å². The number of rotatable bonds is 2. The Hall–Kier alpha value is -3.14. The van der Waals surface area contributed by atoms with Gasteiger partial charge >= 0.3 is 11.9 Å². The summed E-state index contributed by atoms with van der Waals surface area (Å²) in [6, 6.07) is 12.9. The Morgan fingerprint density at radius 2 is 1.19 bits per heavy atom. The molecule has 0 heterocycles. The van der Waals surface area contributed by atoms with Crippen molar-refractivity contribution in [2.75, 3.05) is 0 Å². The minimum Gasteiger partial charge on any atom is -0.478 e.